The molecular weight excluding hydrogens is 421 g/mol. The van der Waals surface area contributed by atoms with Crippen LogP contribution < -0.4 is 15.1 Å². The molecule has 0 spiro atoms. The zero-order chi connectivity index (χ0) is 22.7. The molecule has 1 atom stereocenters. The molecule has 2 aliphatic rings. The van der Waals surface area contributed by atoms with Crippen LogP contribution in [0.25, 0.3) is 0 Å². The summed E-state index contributed by atoms with van der Waals surface area (Å²) in [6.45, 7) is 2.17. The number of cyclic esters (lactones) is 1. The van der Waals surface area contributed by atoms with E-state index in [1.54, 1.807) is 30.3 Å². The highest BCUT2D eigenvalue weighted by atomic mass is 19.1. The number of carbonyl (C=O) groups excluding carboxylic acids is 2. The normalized spacial score (nSPS) is 19.1. The van der Waals surface area contributed by atoms with E-state index in [-0.39, 0.29) is 12.1 Å². The van der Waals surface area contributed by atoms with Crippen LogP contribution in [-0.4, -0.2) is 67.1 Å². The second-order valence-corrected chi connectivity index (χ2v) is 7.69. The third-order valence-electron chi connectivity index (χ3n) is 5.33. The number of benzene rings is 2. The van der Waals surface area contributed by atoms with E-state index in [4.69, 9.17) is 9.47 Å². The van der Waals surface area contributed by atoms with Gasteiger partial charge < -0.3 is 29.9 Å². The van der Waals surface area contributed by atoms with Crippen LogP contribution in [0.15, 0.2) is 48.5 Å². The summed E-state index contributed by atoms with van der Waals surface area (Å²) >= 11 is 0. The maximum Gasteiger partial charge on any atom is 0.414 e. The maximum absolute atomic E-state index is 14.7. The van der Waals surface area contributed by atoms with Crippen molar-refractivity contribution in [1.82, 2.24) is 5.32 Å². The van der Waals surface area contributed by atoms with Crippen LogP contribution in [-0.2, 0) is 9.47 Å². The highest BCUT2D eigenvalue weighted by molar-refractivity contribution is 5.94. The zero-order valence-corrected chi connectivity index (χ0v) is 17.2. The number of halogens is 1. The number of hydrogen-bond donors (Lipinski definition) is 3. The highest BCUT2D eigenvalue weighted by Crippen LogP contribution is 2.29. The standard InChI is InChI=1S/C22H24FN3O6/c23-18-12-16(6-7-19(18)25-8-10-31-11-9-25)26-14-17(32-21(26)28)13-22(29,30)24-20(27)15-4-2-1-3-5-15/h1-7,12,17,29-30H,8-11,13-14H2,(H,24,27)/t17-/m0/s1. The molecule has 32 heavy (non-hydrogen) atoms. The molecule has 3 N–H and O–H groups in total. The number of hydrogen-bond acceptors (Lipinski definition) is 7. The second-order valence-electron chi connectivity index (χ2n) is 7.69. The molecule has 0 saturated carbocycles. The van der Waals surface area contributed by atoms with Gasteiger partial charge in [0.05, 0.1) is 37.6 Å². The van der Waals surface area contributed by atoms with Crippen LogP contribution in [0.4, 0.5) is 20.6 Å². The van der Waals surface area contributed by atoms with Gasteiger partial charge in [0.2, 0.25) is 5.91 Å². The van der Waals surface area contributed by atoms with Crippen LogP contribution in [0.1, 0.15) is 16.8 Å². The van der Waals surface area contributed by atoms with E-state index in [1.807, 2.05) is 4.90 Å². The Morgan fingerprint density at radius 3 is 2.56 bits per heavy atom. The average Bonchev–Trinajstić information content (AvgIpc) is 3.13. The first-order chi connectivity index (χ1) is 15.3. The number of rotatable bonds is 6. The monoisotopic (exact) mass is 445 g/mol. The maximum atomic E-state index is 14.7. The number of carbonyl (C=O) groups is 2. The molecule has 0 aliphatic carbocycles. The van der Waals surface area contributed by atoms with Gasteiger partial charge in [-0.1, -0.05) is 18.2 Å². The van der Waals surface area contributed by atoms with Crippen LogP contribution in [0.2, 0.25) is 0 Å². The number of amides is 2. The summed E-state index contributed by atoms with van der Waals surface area (Å²) in [6.07, 6.45) is -2.11. The summed E-state index contributed by atoms with van der Waals surface area (Å²) in [6, 6.07) is 12.5. The average molecular weight is 445 g/mol. The van der Waals surface area contributed by atoms with Gasteiger partial charge in [0.1, 0.15) is 11.9 Å². The quantitative estimate of drug-likeness (QED) is 0.577. The topological polar surface area (TPSA) is 112 Å². The van der Waals surface area contributed by atoms with Gasteiger partial charge in [-0.05, 0) is 30.3 Å². The van der Waals surface area contributed by atoms with Crippen molar-refractivity contribution >= 4 is 23.4 Å². The molecule has 10 heteroatoms. The van der Waals surface area contributed by atoms with Gasteiger partial charge in [0.25, 0.3) is 5.91 Å². The van der Waals surface area contributed by atoms with E-state index in [9.17, 15) is 24.2 Å². The number of ether oxygens (including phenoxy) is 2. The Kier molecular flexibility index (Phi) is 6.26. The molecule has 4 rings (SSSR count). The Morgan fingerprint density at radius 2 is 1.88 bits per heavy atom. The minimum absolute atomic E-state index is 0.0285. The molecule has 9 nitrogen and oxygen atoms in total. The Hall–Kier alpha value is -3.21. The lowest BCUT2D eigenvalue weighted by Crippen LogP contribution is -2.50. The lowest BCUT2D eigenvalue weighted by molar-refractivity contribution is -0.191. The predicted octanol–water partition coefficient (Wildman–Crippen LogP) is 1.45. The number of morpholine rings is 1. The molecule has 170 valence electrons. The fourth-order valence-electron chi connectivity index (χ4n) is 3.78. The fraction of sp³-hybridized carbons (Fsp3) is 0.364. The summed E-state index contributed by atoms with van der Waals surface area (Å²) in [5.41, 5.74) is 0.970. The van der Waals surface area contributed by atoms with Crippen LogP contribution in [0, 0.1) is 5.82 Å². The lowest BCUT2D eigenvalue weighted by Gasteiger charge is -2.29. The second kappa shape index (κ2) is 9.11. The molecule has 2 aromatic carbocycles. The van der Waals surface area contributed by atoms with Gasteiger partial charge in [-0.25, -0.2) is 9.18 Å². The lowest BCUT2D eigenvalue weighted by atomic mass is 10.1. The molecule has 2 amide bonds. The Balaban J connectivity index is 1.39. The smallest absolute Gasteiger partial charge is 0.414 e. The predicted molar refractivity (Wildman–Crippen MR) is 113 cm³/mol. The summed E-state index contributed by atoms with van der Waals surface area (Å²) in [5, 5.41) is 22.5. The van der Waals surface area contributed by atoms with E-state index in [1.165, 1.54) is 23.1 Å². The van der Waals surface area contributed by atoms with Crippen molar-refractivity contribution in [3.05, 3.63) is 59.9 Å². The Morgan fingerprint density at radius 1 is 1.16 bits per heavy atom. The number of nitrogens with one attached hydrogen (secondary N) is 1. The number of aliphatic hydroxyl groups is 2. The molecule has 0 unspecified atom stereocenters. The van der Waals surface area contributed by atoms with E-state index in [0.717, 1.165) is 0 Å². The fourth-order valence-corrected chi connectivity index (χ4v) is 3.78. The molecule has 2 fully saturated rings. The molecule has 0 bridgehead atoms. The number of nitrogens with zero attached hydrogens (tertiary/aromatic N) is 2. The Bertz CT molecular complexity index is 981. The minimum Gasteiger partial charge on any atom is -0.444 e. The SMILES string of the molecule is O=C(NC(O)(O)C[C@H]1CN(c2ccc(N3CCOCC3)c(F)c2)C(=O)O1)c1ccccc1. The zero-order valence-electron chi connectivity index (χ0n) is 17.2. The molecule has 2 saturated heterocycles. The van der Waals surface area contributed by atoms with Gasteiger partial charge in [0.15, 0.2) is 0 Å². The third-order valence-corrected chi connectivity index (χ3v) is 5.33. The van der Waals surface area contributed by atoms with E-state index in [0.29, 0.717) is 37.7 Å². The molecule has 0 radical (unpaired) electrons. The first-order valence-corrected chi connectivity index (χ1v) is 10.2. The van der Waals surface area contributed by atoms with Crippen molar-refractivity contribution in [2.75, 3.05) is 42.6 Å². The summed E-state index contributed by atoms with van der Waals surface area (Å²) < 4.78 is 25.2. The van der Waals surface area contributed by atoms with Crippen LogP contribution in [0.5, 0.6) is 0 Å². The minimum atomic E-state index is -2.60. The van der Waals surface area contributed by atoms with Crippen molar-refractivity contribution in [3.63, 3.8) is 0 Å². The van der Waals surface area contributed by atoms with E-state index >= 15 is 0 Å². The summed E-state index contributed by atoms with van der Waals surface area (Å²) in [4.78, 5) is 27.6. The third kappa shape index (κ3) is 4.98. The van der Waals surface area contributed by atoms with Gasteiger partial charge in [-0.3, -0.25) is 9.69 Å². The van der Waals surface area contributed by atoms with Crippen molar-refractivity contribution in [1.29, 1.82) is 0 Å². The summed E-state index contributed by atoms with van der Waals surface area (Å²) in [5.74, 6) is -3.76. The Labute approximate surface area is 183 Å². The van der Waals surface area contributed by atoms with E-state index in [2.05, 4.69) is 5.32 Å². The van der Waals surface area contributed by atoms with E-state index < -0.39 is 36.3 Å². The van der Waals surface area contributed by atoms with Crippen molar-refractivity contribution < 1.29 is 33.7 Å². The van der Waals surface area contributed by atoms with Crippen molar-refractivity contribution in [2.45, 2.75) is 18.4 Å². The first kappa shape index (κ1) is 22.0. The molecule has 2 heterocycles. The molecule has 2 aliphatic heterocycles. The van der Waals surface area contributed by atoms with Crippen molar-refractivity contribution in [3.8, 4) is 0 Å². The van der Waals surface area contributed by atoms with Gasteiger partial charge in [-0.2, -0.15) is 0 Å². The van der Waals surface area contributed by atoms with Crippen molar-refractivity contribution in [2.24, 2.45) is 0 Å². The van der Waals surface area contributed by atoms with Crippen LogP contribution in [0.3, 0.4) is 0 Å². The molecule has 0 aromatic heterocycles. The van der Waals surface area contributed by atoms with Gasteiger partial charge >= 0.3 is 6.09 Å². The van der Waals surface area contributed by atoms with Gasteiger partial charge in [-0.15, -0.1) is 0 Å². The highest BCUT2D eigenvalue weighted by Gasteiger charge is 2.39. The molecular formula is C22H24FN3O6. The van der Waals surface area contributed by atoms with Crippen LogP contribution >= 0.6 is 0 Å². The summed E-state index contributed by atoms with van der Waals surface area (Å²) in [7, 11) is 0. The number of anilines is 2. The first-order valence-electron chi connectivity index (χ1n) is 10.2. The van der Waals surface area contributed by atoms with Gasteiger partial charge in [0, 0.05) is 18.7 Å². The molecule has 2 aromatic rings. The largest absolute Gasteiger partial charge is 0.444 e.